The molecule has 1 aliphatic heterocycles. The molecule has 0 radical (unpaired) electrons. The van der Waals surface area contributed by atoms with E-state index in [1.54, 1.807) is 17.7 Å². The lowest BCUT2D eigenvalue weighted by Gasteiger charge is -2.38. The second-order valence-electron chi connectivity index (χ2n) is 6.66. The number of thiophene rings is 1. The number of carbonyl (C=O) groups is 1. The van der Waals surface area contributed by atoms with Crippen LogP contribution in [0.25, 0.3) is 10.2 Å². The Bertz CT molecular complexity index is 721. The number of aryl methyl sites for hydroxylation is 1. The molecule has 0 saturated carbocycles. The lowest BCUT2D eigenvalue weighted by Crippen LogP contribution is -2.54. The largest absolute Gasteiger partial charge is 0.353 e. The smallest absolute Gasteiger partial charge is 0.237 e. The SMILES string of the molecule is Cc1csc2c(N3CCN(C(C)C(=O)NC(C)C)CC3)ncnc12. The van der Waals surface area contributed by atoms with Crippen LogP contribution in [0, 0.1) is 6.92 Å². The summed E-state index contributed by atoms with van der Waals surface area (Å²) in [5.41, 5.74) is 2.26. The van der Waals surface area contributed by atoms with Gasteiger partial charge in [-0.05, 0) is 38.6 Å². The van der Waals surface area contributed by atoms with Gasteiger partial charge in [0.1, 0.15) is 12.1 Å². The molecule has 1 N–H and O–H groups in total. The minimum Gasteiger partial charge on any atom is -0.353 e. The molecule has 1 amide bonds. The van der Waals surface area contributed by atoms with Gasteiger partial charge in [0.2, 0.25) is 5.91 Å². The molecule has 2 aromatic rings. The fraction of sp³-hybridized carbons (Fsp3) is 0.588. The van der Waals surface area contributed by atoms with E-state index in [9.17, 15) is 4.79 Å². The summed E-state index contributed by atoms with van der Waals surface area (Å²) >= 11 is 1.71. The Morgan fingerprint density at radius 2 is 1.92 bits per heavy atom. The van der Waals surface area contributed by atoms with Crippen molar-refractivity contribution in [2.45, 2.75) is 39.8 Å². The summed E-state index contributed by atoms with van der Waals surface area (Å²) in [6.07, 6.45) is 1.66. The average Bonchev–Trinajstić information content (AvgIpc) is 2.95. The van der Waals surface area contributed by atoms with Crippen molar-refractivity contribution in [3.8, 4) is 0 Å². The summed E-state index contributed by atoms with van der Waals surface area (Å²) < 4.78 is 1.16. The van der Waals surface area contributed by atoms with E-state index in [4.69, 9.17) is 0 Å². The normalized spacial score (nSPS) is 17.5. The highest BCUT2D eigenvalue weighted by Crippen LogP contribution is 2.31. The summed E-state index contributed by atoms with van der Waals surface area (Å²) in [6, 6.07) is 0.0848. The lowest BCUT2D eigenvalue weighted by molar-refractivity contribution is -0.126. The molecule has 24 heavy (non-hydrogen) atoms. The Morgan fingerprint density at radius 1 is 1.21 bits per heavy atom. The van der Waals surface area contributed by atoms with Crippen molar-refractivity contribution < 1.29 is 4.79 Å². The predicted molar refractivity (Wildman–Crippen MR) is 98.7 cm³/mol. The zero-order chi connectivity index (χ0) is 17.3. The number of nitrogens with zero attached hydrogens (tertiary/aromatic N) is 4. The number of hydrogen-bond acceptors (Lipinski definition) is 6. The number of anilines is 1. The van der Waals surface area contributed by atoms with Gasteiger partial charge in [0.15, 0.2) is 0 Å². The molecular formula is C17H25N5OS. The van der Waals surface area contributed by atoms with Crippen molar-refractivity contribution in [3.63, 3.8) is 0 Å². The van der Waals surface area contributed by atoms with Crippen LogP contribution in [0.1, 0.15) is 26.3 Å². The highest BCUT2D eigenvalue weighted by molar-refractivity contribution is 7.18. The van der Waals surface area contributed by atoms with Crippen LogP contribution in [-0.2, 0) is 4.79 Å². The molecular weight excluding hydrogens is 322 g/mol. The van der Waals surface area contributed by atoms with E-state index in [1.165, 1.54) is 5.56 Å². The summed E-state index contributed by atoms with van der Waals surface area (Å²) in [4.78, 5) is 25.7. The first-order chi connectivity index (χ1) is 11.5. The molecule has 2 aromatic heterocycles. The number of carbonyl (C=O) groups excluding carboxylic acids is 1. The topological polar surface area (TPSA) is 61.4 Å². The van der Waals surface area contributed by atoms with Crippen LogP contribution in [-0.4, -0.2) is 59.0 Å². The van der Waals surface area contributed by atoms with Crippen LogP contribution < -0.4 is 10.2 Å². The monoisotopic (exact) mass is 347 g/mol. The maximum absolute atomic E-state index is 12.2. The van der Waals surface area contributed by atoms with E-state index in [2.05, 4.69) is 37.4 Å². The number of fused-ring (bicyclic) bond motifs is 1. The first kappa shape index (κ1) is 17.1. The fourth-order valence-electron chi connectivity index (χ4n) is 3.07. The van der Waals surface area contributed by atoms with Crippen molar-refractivity contribution in [2.24, 2.45) is 0 Å². The Kier molecular flexibility index (Phi) is 5.01. The van der Waals surface area contributed by atoms with Gasteiger partial charge in [-0.2, -0.15) is 0 Å². The lowest BCUT2D eigenvalue weighted by atomic mass is 10.2. The second kappa shape index (κ2) is 7.03. The number of nitrogens with one attached hydrogen (secondary N) is 1. The molecule has 0 bridgehead atoms. The average molecular weight is 347 g/mol. The van der Waals surface area contributed by atoms with E-state index in [1.807, 2.05) is 20.8 Å². The van der Waals surface area contributed by atoms with Crippen LogP contribution in [0.15, 0.2) is 11.7 Å². The van der Waals surface area contributed by atoms with Crippen molar-refractivity contribution in [3.05, 3.63) is 17.3 Å². The van der Waals surface area contributed by atoms with Crippen molar-refractivity contribution >= 4 is 33.3 Å². The third-order valence-electron chi connectivity index (χ3n) is 4.48. The number of aromatic nitrogens is 2. The van der Waals surface area contributed by atoms with Crippen LogP contribution >= 0.6 is 11.3 Å². The standard InChI is InChI=1S/C17H25N5OS/c1-11(2)20-17(23)13(4)21-5-7-22(8-6-21)16-15-14(18-10-19-16)12(3)9-24-15/h9-11,13H,5-8H2,1-4H3,(H,20,23). The molecule has 1 aliphatic rings. The van der Waals surface area contributed by atoms with Gasteiger partial charge in [-0.15, -0.1) is 11.3 Å². The van der Waals surface area contributed by atoms with Gasteiger partial charge >= 0.3 is 0 Å². The molecule has 6 nitrogen and oxygen atoms in total. The molecule has 3 heterocycles. The van der Waals surface area contributed by atoms with Gasteiger partial charge in [-0.1, -0.05) is 0 Å². The first-order valence-corrected chi connectivity index (χ1v) is 9.33. The summed E-state index contributed by atoms with van der Waals surface area (Å²) in [7, 11) is 0. The molecule has 1 fully saturated rings. The van der Waals surface area contributed by atoms with Gasteiger partial charge in [0.05, 0.1) is 16.3 Å². The Labute approximate surface area is 146 Å². The zero-order valence-electron chi connectivity index (χ0n) is 14.7. The highest BCUT2D eigenvalue weighted by Gasteiger charge is 2.27. The Balaban J connectivity index is 1.67. The summed E-state index contributed by atoms with van der Waals surface area (Å²) in [5, 5.41) is 5.13. The van der Waals surface area contributed by atoms with E-state index >= 15 is 0 Å². The van der Waals surface area contributed by atoms with E-state index in [0.717, 1.165) is 42.2 Å². The fourth-order valence-corrected chi connectivity index (χ4v) is 4.09. The molecule has 1 atom stereocenters. The highest BCUT2D eigenvalue weighted by atomic mass is 32.1. The molecule has 7 heteroatoms. The number of piperazine rings is 1. The van der Waals surface area contributed by atoms with Crippen LogP contribution in [0.4, 0.5) is 5.82 Å². The molecule has 0 aromatic carbocycles. The number of rotatable bonds is 4. The molecule has 3 rings (SSSR count). The van der Waals surface area contributed by atoms with Gasteiger partial charge in [0, 0.05) is 32.2 Å². The third kappa shape index (κ3) is 3.37. The molecule has 0 aliphatic carbocycles. The molecule has 0 spiro atoms. The Morgan fingerprint density at radius 3 is 2.58 bits per heavy atom. The molecule has 130 valence electrons. The zero-order valence-corrected chi connectivity index (χ0v) is 15.6. The maximum Gasteiger partial charge on any atom is 0.237 e. The number of hydrogen-bond donors (Lipinski definition) is 1. The van der Waals surface area contributed by atoms with Gasteiger partial charge < -0.3 is 10.2 Å². The predicted octanol–water partition coefficient (Wildman–Crippen LogP) is 2.03. The van der Waals surface area contributed by atoms with Crippen LogP contribution in [0.3, 0.4) is 0 Å². The van der Waals surface area contributed by atoms with E-state index < -0.39 is 0 Å². The minimum absolute atomic E-state index is 0.0936. The van der Waals surface area contributed by atoms with Gasteiger partial charge in [-0.3, -0.25) is 9.69 Å². The van der Waals surface area contributed by atoms with Gasteiger partial charge in [0.25, 0.3) is 0 Å². The summed E-state index contributed by atoms with van der Waals surface area (Å²) in [5.74, 6) is 1.13. The quantitative estimate of drug-likeness (QED) is 0.917. The third-order valence-corrected chi connectivity index (χ3v) is 5.57. The minimum atomic E-state index is -0.0936. The van der Waals surface area contributed by atoms with Crippen molar-refractivity contribution in [1.82, 2.24) is 20.2 Å². The molecule has 1 unspecified atom stereocenters. The van der Waals surface area contributed by atoms with E-state index in [0.29, 0.717) is 0 Å². The maximum atomic E-state index is 12.2. The number of amides is 1. The molecule has 1 saturated heterocycles. The van der Waals surface area contributed by atoms with Gasteiger partial charge in [-0.25, -0.2) is 9.97 Å². The van der Waals surface area contributed by atoms with Crippen molar-refractivity contribution in [2.75, 3.05) is 31.1 Å². The second-order valence-corrected chi connectivity index (χ2v) is 7.54. The van der Waals surface area contributed by atoms with Crippen LogP contribution in [0.5, 0.6) is 0 Å². The van der Waals surface area contributed by atoms with Crippen molar-refractivity contribution in [1.29, 1.82) is 0 Å². The van der Waals surface area contributed by atoms with E-state index in [-0.39, 0.29) is 18.0 Å². The Hall–Kier alpha value is -1.73. The first-order valence-electron chi connectivity index (χ1n) is 8.45. The summed E-state index contributed by atoms with van der Waals surface area (Å²) in [6.45, 7) is 11.5. The van der Waals surface area contributed by atoms with Crippen LogP contribution in [0.2, 0.25) is 0 Å².